The van der Waals surface area contributed by atoms with E-state index in [1.165, 1.54) is 23.9 Å². The van der Waals surface area contributed by atoms with Crippen LogP contribution in [-0.4, -0.2) is 56.6 Å². The van der Waals surface area contributed by atoms with E-state index in [2.05, 4.69) is 26.0 Å². The maximum atomic E-state index is 14.3. The lowest BCUT2D eigenvalue weighted by Gasteiger charge is -2.34. The average molecular weight is 433 g/mol. The summed E-state index contributed by atoms with van der Waals surface area (Å²) in [5.74, 6) is -3.54. The van der Waals surface area contributed by atoms with E-state index in [4.69, 9.17) is 0 Å². The first-order valence-corrected chi connectivity index (χ1v) is 9.44. The van der Waals surface area contributed by atoms with E-state index in [1.807, 2.05) is 0 Å². The second-order valence-corrected chi connectivity index (χ2v) is 8.38. The molecule has 0 saturated heterocycles. The Hall–Kier alpha value is -2.41. The summed E-state index contributed by atoms with van der Waals surface area (Å²) >= 11 is 0. The third-order valence-corrected chi connectivity index (χ3v) is 5.27. The molecule has 13 heteroatoms. The Balaban J connectivity index is 2.68. The van der Waals surface area contributed by atoms with E-state index in [0.717, 1.165) is 0 Å². The van der Waals surface area contributed by atoms with Crippen LogP contribution in [0.4, 0.5) is 14.7 Å². The zero-order chi connectivity index (χ0) is 23.2. The Bertz CT molecular complexity index is 739. The minimum atomic E-state index is -3.17. The second kappa shape index (κ2) is 10.1. The van der Waals surface area contributed by atoms with Crippen LogP contribution >= 0.6 is 0 Å². The van der Waals surface area contributed by atoms with Crippen molar-refractivity contribution in [3.05, 3.63) is 32.3 Å². The first-order chi connectivity index (χ1) is 13.8. The summed E-state index contributed by atoms with van der Waals surface area (Å²) in [5, 5.41) is 22.1. The molecule has 0 amide bonds. The van der Waals surface area contributed by atoms with Crippen LogP contribution in [0.2, 0.25) is 0 Å². The highest BCUT2D eigenvalue weighted by molar-refractivity contribution is 5.06. The summed E-state index contributed by atoms with van der Waals surface area (Å²) in [6.07, 6.45) is 2.76. The van der Waals surface area contributed by atoms with E-state index >= 15 is 0 Å². The maximum Gasteiger partial charge on any atom is 0.434 e. The number of nitro groups is 1. The Morgan fingerprint density at radius 2 is 1.73 bits per heavy atom. The van der Waals surface area contributed by atoms with Gasteiger partial charge in [0.05, 0.1) is 19.6 Å². The quantitative estimate of drug-likeness (QED) is 0.261. The molecule has 0 saturated carbocycles. The van der Waals surface area contributed by atoms with Gasteiger partial charge in [0.2, 0.25) is 0 Å². The van der Waals surface area contributed by atoms with Gasteiger partial charge in [-0.1, -0.05) is 15.3 Å². The number of imidazole rings is 1. The molecule has 1 aromatic rings. The molecule has 0 fully saturated rings. The van der Waals surface area contributed by atoms with Gasteiger partial charge in [0.25, 0.3) is 5.92 Å². The van der Waals surface area contributed by atoms with Crippen molar-refractivity contribution >= 4 is 5.95 Å². The van der Waals surface area contributed by atoms with Crippen molar-refractivity contribution < 1.29 is 13.7 Å². The van der Waals surface area contributed by atoms with E-state index < -0.39 is 47.1 Å². The van der Waals surface area contributed by atoms with Gasteiger partial charge in [-0.2, -0.15) is 9.81 Å². The number of nitrogens with zero attached hydrogens (tertiary/aromatic N) is 5. The fourth-order valence-electron chi connectivity index (χ4n) is 2.63. The highest BCUT2D eigenvalue weighted by Gasteiger charge is 2.38. The molecule has 2 unspecified atom stereocenters. The number of nitrogens with one attached hydrogen (secondary N) is 2. The second-order valence-electron chi connectivity index (χ2n) is 8.38. The number of rotatable bonds is 14. The van der Waals surface area contributed by atoms with Gasteiger partial charge < -0.3 is 20.7 Å². The molecule has 30 heavy (non-hydrogen) atoms. The molecule has 0 spiro atoms. The largest absolute Gasteiger partial charge is 0.434 e. The third kappa shape index (κ3) is 7.13. The fraction of sp³-hybridized carbons (Fsp3) is 0.824. The van der Waals surface area contributed by atoms with Gasteiger partial charge in [-0.15, -0.1) is 0 Å². The van der Waals surface area contributed by atoms with Gasteiger partial charge >= 0.3 is 5.95 Å². The van der Waals surface area contributed by atoms with Crippen LogP contribution in [-0.2, 0) is 6.54 Å². The van der Waals surface area contributed by atoms with Crippen molar-refractivity contribution in [2.45, 2.75) is 76.7 Å². The lowest BCUT2D eigenvalue weighted by atomic mass is 9.92. The number of halogens is 2. The highest BCUT2D eigenvalue weighted by atomic mass is 19.3. The summed E-state index contributed by atoms with van der Waals surface area (Å²) in [6.45, 7) is 6.53. The average Bonchev–Trinajstić information content (AvgIpc) is 3.14. The highest BCUT2D eigenvalue weighted by Crippen LogP contribution is 2.22. The zero-order valence-corrected chi connectivity index (χ0v) is 17.8. The van der Waals surface area contributed by atoms with Crippen molar-refractivity contribution in [3.63, 3.8) is 0 Å². The van der Waals surface area contributed by atoms with Gasteiger partial charge in [-0.05, 0) is 39.5 Å². The fourth-order valence-corrected chi connectivity index (χ4v) is 2.63. The zero-order valence-electron chi connectivity index (χ0n) is 17.8. The number of aromatic nitrogens is 2. The van der Waals surface area contributed by atoms with Crippen molar-refractivity contribution in [1.29, 1.82) is 0 Å². The molecule has 0 aliphatic carbocycles. The lowest BCUT2D eigenvalue weighted by Crippen LogP contribution is -2.57. The molecular weight excluding hydrogens is 404 g/mol. The number of aryl methyl sites for hydroxylation is 1. The topological polar surface area (TPSA) is 144 Å². The molecular formula is C17H29F2N7O4. The van der Waals surface area contributed by atoms with Crippen LogP contribution in [0.5, 0.6) is 0 Å². The Morgan fingerprint density at radius 1 is 1.17 bits per heavy atom. The van der Waals surface area contributed by atoms with Gasteiger partial charge in [-0.25, -0.2) is 13.3 Å². The molecule has 0 aliphatic rings. The normalized spacial score (nSPS) is 14.9. The van der Waals surface area contributed by atoms with Crippen LogP contribution in [0.15, 0.2) is 22.7 Å². The molecule has 0 radical (unpaired) electrons. The van der Waals surface area contributed by atoms with Gasteiger partial charge in [-0.3, -0.25) is 0 Å². The van der Waals surface area contributed by atoms with Gasteiger partial charge in [0.1, 0.15) is 24.5 Å². The first-order valence-electron chi connectivity index (χ1n) is 9.44. The molecule has 170 valence electrons. The van der Waals surface area contributed by atoms with E-state index in [9.17, 15) is 28.7 Å². The minimum absolute atomic E-state index is 0.0839. The lowest BCUT2D eigenvalue weighted by molar-refractivity contribution is -0.396. The molecule has 2 atom stereocenters. The van der Waals surface area contributed by atoms with Crippen molar-refractivity contribution in [2.24, 2.45) is 10.4 Å². The van der Waals surface area contributed by atoms with Crippen molar-refractivity contribution in [1.82, 2.24) is 20.2 Å². The SMILES string of the molecule is CC(N=O)C(C)(C)NCC(F)(F)CNC(C)(C)C(CCn1ccnc1[N+](=O)[O-])N=O. The molecule has 1 rings (SSSR count). The van der Waals surface area contributed by atoms with E-state index in [0.29, 0.717) is 0 Å². The Morgan fingerprint density at radius 3 is 2.23 bits per heavy atom. The first kappa shape index (κ1) is 25.6. The summed E-state index contributed by atoms with van der Waals surface area (Å²) in [4.78, 5) is 35.9. The molecule has 1 aromatic heterocycles. The maximum absolute atomic E-state index is 14.3. The van der Waals surface area contributed by atoms with Crippen LogP contribution in [0, 0.1) is 19.9 Å². The third-order valence-electron chi connectivity index (χ3n) is 5.27. The van der Waals surface area contributed by atoms with Crippen molar-refractivity contribution in [2.75, 3.05) is 13.1 Å². The molecule has 1 heterocycles. The summed E-state index contributed by atoms with van der Waals surface area (Å²) in [6, 6.07) is -1.62. The van der Waals surface area contributed by atoms with E-state index in [-0.39, 0.29) is 18.9 Å². The molecule has 0 aromatic carbocycles. The van der Waals surface area contributed by atoms with Crippen LogP contribution in [0.25, 0.3) is 0 Å². The van der Waals surface area contributed by atoms with E-state index in [1.54, 1.807) is 27.7 Å². The summed E-state index contributed by atoms with van der Waals surface area (Å²) in [7, 11) is 0. The Kier molecular flexibility index (Phi) is 8.60. The summed E-state index contributed by atoms with van der Waals surface area (Å²) in [5.41, 5.74) is -2.00. The van der Waals surface area contributed by atoms with Crippen LogP contribution < -0.4 is 10.6 Å². The molecule has 0 aliphatic heterocycles. The summed E-state index contributed by atoms with van der Waals surface area (Å²) < 4.78 is 29.9. The number of nitroso groups, excluding NO2 is 2. The van der Waals surface area contributed by atoms with Gasteiger partial charge in [0, 0.05) is 17.5 Å². The monoisotopic (exact) mass is 433 g/mol. The molecule has 11 nitrogen and oxygen atoms in total. The number of hydrogen-bond acceptors (Lipinski definition) is 9. The van der Waals surface area contributed by atoms with Crippen LogP contribution in [0.1, 0.15) is 41.0 Å². The number of alkyl halides is 2. The smallest absolute Gasteiger partial charge is 0.390 e. The number of hydrogen-bond donors (Lipinski definition) is 2. The predicted molar refractivity (Wildman–Crippen MR) is 107 cm³/mol. The minimum Gasteiger partial charge on any atom is -0.390 e. The van der Waals surface area contributed by atoms with Crippen LogP contribution in [0.3, 0.4) is 0 Å². The Labute approximate surface area is 173 Å². The van der Waals surface area contributed by atoms with Crippen molar-refractivity contribution in [3.8, 4) is 0 Å². The van der Waals surface area contributed by atoms with Gasteiger partial charge in [0.15, 0.2) is 0 Å². The molecule has 2 N–H and O–H groups in total. The predicted octanol–water partition coefficient (Wildman–Crippen LogP) is 2.84. The molecule has 0 bridgehead atoms. The standard InChI is InChI=1S/C17H29F2N7O4/c1-12(23-27)15(2,3)21-10-17(18,19)11-22-16(4,5)13(24-28)6-8-25-9-7-20-14(25)26(29)30/h7,9,12-13,21-22H,6,8,10-11H2,1-5H3.